The zero-order chi connectivity index (χ0) is 8.29. The highest BCUT2D eigenvalue weighted by atomic mass is 35.5. The maximum atomic E-state index is 11.2. The summed E-state index contributed by atoms with van der Waals surface area (Å²) >= 11 is 5.60. The van der Waals surface area contributed by atoms with Gasteiger partial charge in [-0.2, -0.15) is 0 Å². The van der Waals surface area contributed by atoms with E-state index < -0.39 is 0 Å². The fourth-order valence-corrected chi connectivity index (χ4v) is 3.78. The van der Waals surface area contributed by atoms with Gasteiger partial charge in [0.15, 0.2) is 0 Å². The van der Waals surface area contributed by atoms with E-state index in [4.69, 9.17) is 11.6 Å². The van der Waals surface area contributed by atoms with Gasteiger partial charge in [-0.15, -0.1) is 0 Å². The van der Waals surface area contributed by atoms with E-state index in [1.165, 1.54) is 18.4 Å². The molecule has 4 unspecified atom stereocenters. The van der Waals surface area contributed by atoms with E-state index in [1.807, 2.05) is 0 Å². The Morgan fingerprint density at radius 1 is 1.50 bits per heavy atom. The molecule has 0 aromatic carbocycles. The molecule has 0 amide bonds. The van der Waals surface area contributed by atoms with Crippen LogP contribution in [0.4, 0.5) is 0 Å². The molecule has 0 spiro atoms. The van der Waals surface area contributed by atoms with Gasteiger partial charge < -0.3 is 0 Å². The summed E-state index contributed by atoms with van der Waals surface area (Å²) in [6, 6.07) is 0. The SMILES string of the molecule is O=C(Cl)C1C2CC3=CC(C2)CC31. The molecule has 2 fully saturated rings. The van der Waals surface area contributed by atoms with Crippen LogP contribution in [0.5, 0.6) is 0 Å². The lowest BCUT2D eigenvalue weighted by molar-refractivity contribution is -0.118. The van der Waals surface area contributed by atoms with Crippen molar-refractivity contribution in [1.82, 2.24) is 0 Å². The van der Waals surface area contributed by atoms with E-state index in [0.717, 1.165) is 12.3 Å². The lowest BCUT2D eigenvalue weighted by Crippen LogP contribution is -2.27. The number of rotatable bonds is 1. The normalized spacial score (nSPS) is 48.2. The Hall–Kier alpha value is -0.300. The lowest BCUT2D eigenvalue weighted by Gasteiger charge is -2.28. The van der Waals surface area contributed by atoms with Crippen molar-refractivity contribution < 1.29 is 4.79 Å². The van der Waals surface area contributed by atoms with Crippen LogP contribution in [0.1, 0.15) is 19.3 Å². The Balaban J connectivity index is 2.01. The highest BCUT2D eigenvalue weighted by Gasteiger charge is 2.51. The first kappa shape index (κ1) is 7.14. The molecule has 1 nitrogen and oxygen atoms in total. The van der Waals surface area contributed by atoms with Crippen molar-refractivity contribution in [1.29, 1.82) is 0 Å². The maximum absolute atomic E-state index is 11.2. The van der Waals surface area contributed by atoms with Gasteiger partial charge in [0.1, 0.15) is 0 Å². The maximum Gasteiger partial charge on any atom is 0.225 e. The minimum absolute atomic E-state index is 0.0891. The molecule has 4 aliphatic rings. The van der Waals surface area contributed by atoms with Crippen molar-refractivity contribution >= 4 is 16.8 Å². The molecule has 0 aromatic rings. The molecular weight excluding hydrogens is 172 g/mol. The van der Waals surface area contributed by atoms with Gasteiger partial charge >= 0.3 is 0 Å². The topological polar surface area (TPSA) is 17.1 Å². The number of hydrogen-bond donors (Lipinski definition) is 0. The summed E-state index contributed by atoms with van der Waals surface area (Å²) in [6.45, 7) is 0. The third-order valence-electron chi connectivity index (χ3n) is 3.79. The minimum Gasteiger partial charge on any atom is -0.281 e. The third kappa shape index (κ3) is 0.731. The van der Waals surface area contributed by atoms with Gasteiger partial charge in [-0.05, 0) is 48.6 Å². The summed E-state index contributed by atoms with van der Waals surface area (Å²) in [5.41, 5.74) is 1.54. The average molecular weight is 183 g/mol. The monoisotopic (exact) mass is 182 g/mol. The molecule has 4 aliphatic carbocycles. The van der Waals surface area contributed by atoms with Gasteiger partial charge in [-0.1, -0.05) is 11.6 Å². The Bertz CT molecular complexity index is 282. The van der Waals surface area contributed by atoms with Gasteiger partial charge in [-0.3, -0.25) is 4.79 Å². The van der Waals surface area contributed by atoms with E-state index in [0.29, 0.717) is 11.8 Å². The molecule has 4 bridgehead atoms. The quantitative estimate of drug-likeness (QED) is 0.450. The molecule has 12 heavy (non-hydrogen) atoms. The number of allylic oxidation sites excluding steroid dienone is 2. The second kappa shape index (κ2) is 2.14. The zero-order valence-corrected chi connectivity index (χ0v) is 7.55. The molecule has 64 valence electrons. The Morgan fingerprint density at radius 2 is 2.33 bits per heavy atom. The molecule has 0 aromatic heterocycles. The first-order chi connectivity index (χ1) is 5.75. The van der Waals surface area contributed by atoms with Crippen LogP contribution in [0.15, 0.2) is 11.6 Å². The molecule has 0 radical (unpaired) electrons. The molecule has 4 rings (SSSR count). The number of carbonyl (C=O) groups excluding carboxylic acids is 1. The molecule has 2 heteroatoms. The van der Waals surface area contributed by atoms with Gasteiger partial charge in [0.25, 0.3) is 0 Å². The number of halogens is 1. The van der Waals surface area contributed by atoms with Crippen molar-refractivity contribution in [3.05, 3.63) is 11.6 Å². The van der Waals surface area contributed by atoms with E-state index in [-0.39, 0.29) is 11.2 Å². The minimum atomic E-state index is -0.0891. The Labute approximate surface area is 76.8 Å². The molecular formula is C10H11ClO. The Morgan fingerprint density at radius 3 is 3.00 bits per heavy atom. The zero-order valence-electron chi connectivity index (χ0n) is 6.79. The standard InChI is InChI=1S/C10H11ClO/c11-10(12)9-7-2-5-1-6(4-7)8(9)3-5/h1,5,7-9H,2-4H2. The van der Waals surface area contributed by atoms with E-state index in [9.17, 15) is 4.79 Å². The van der Waals surface area contributed by atoms with Gasteiger partial charge in [-0.25, -0.2) is 0 Å². The summed E-state index contributed by atoms with van der Waals surface area (Å²) in [4.78, 5) is 11.2. The van der Waals surface area contributed by atoms with Crippen LogP contribution in [-0.2, 0) is 4.79 Å². The van der Waals surface area contributed by atoms with Crippen LogP contribution in [0, 0.1) is 23.7 Å². The predicted octanol–water partition coefficient (Wildman–Crippen LogP) is 2.35. The van der Waals surface area contributed by atoms with Crippen LogP contribution >= 0.6 is 11.6 Å². The summed E-state index contributed by atoms with van der Waals surface area (Å²) in [5.74, 6) is 2.10. The molecule has 0 heterocycles. The van der Waals surface area contributed by atoms with Crippen molar-refractivity contribution in [2.24, 2.45) is 23.7 Å². The summed E-state index contributed by atoms with van der Waals surface area (Å²) < 4.78 is 0. The molecule has 2 saturated carbocycles. The summed E-state index contributed by atoms with van der Waals surface area (Å²) in [7, 11) is 0. The first-order valence-corrected chi connectivity index (χ1v) is 5.03. The fraction of sp³-hybridized carbons (Fsp3) is 0.700. The highest BCUT2D eigenvalue weighted by molar-refractivity contribution is 6.64. The smallest absolute Gasteiger partial charge is 0.225 e. The number of hydrogen-bond acceptors (Lipinski definition) is 1. The first-order valence-electron chi connectivity index (χ1n) is 4.65. The Kier molecular flexibility index (Phi) is 1.27. The summed E-state index contributed by atoms with van der Waals surface area (Å²) in [5, 5.41) is -0.0891. The second-order valence-corrected chi connectivity index (χ2v) is 4.75. The van der Waals surface area contributed by atoms with E-state index in [2.05, 4.69) is 6.08 Å². The molecule has 4 atom stereocenters. The van der Waals surface area contributed by atoms with E-state index in [1.54, 1.807) is 0 Å². The van der Waals surface area contributed by atoms with Crippen molar-refractivity contribution in [3.8, 4) is 0 Å². The van der Waals surface area contributed by atoms with Crippen molar-refractivity contribution in [2.45, 2.75) is 19.3 Å². The van der Waals surface area contributed by atoms with Crippen LogP contribution in [-0.4, -0.2) is 5.24 Å². The van der Waals surface area contributed by atoms with Crippen LogP contribution in [0.2, 0.25) is 0 Å². The largest absolute Gasteiger partial charge is 0.281 e. The van der Waals surface area contributed by atoms with Crippen LogP contribution in [0.25, 0.3) is 0 Å². The van der Waals surface area contributed by atoms with Gasteiger partial charge in [0.05, 0.1) is 0 Å². The molecule has 0 aliphatic heterocycles. The van der Waals surface area contributed by atoms with Crippen LogP contribution in [0.3, 0.4) is 0 Å². The van der Waals surface area contributed by atoms with Crippen LogP contribution < -0.4 is 0 Å². The number of carbonyl (C=O) groups is 1. The van der Waals surface area contributed by atoms with Crippen molar-refractivity contribution in [2.75, 3.05) is 0 Å². The highest BCUT2D eigenvalue weighted by Crippen LogP contribution is 2.57. The third-order valence-corrected chi connectivity index (χ3v) is 4.04. The predicted molar refractivity (Wildman–Crippen MR) is 46.8 cm³/mol. The second-order valence-electron chi connectivity index (χ2n) is 4.37. The van der Waals surface area contributed by atoms with Crippen molar-refractivity contribution in [3.63, 3.8) is 0 Å². The lowest BCUT2D eigenvalue weighted by atomic mass is 9.76. The summed E-state index contributed by atoms with van der Waals surface area (Å²) in [6.07, 6.45) is 5.96. The fourth-order valence-electron chi connectivity index (χ4n) is 3.45. The van der Waals surface area contributed by atoms with Gasteiger partial charge in [0, 0.05) is 5.92 Å². The molecule has 0 saturated heterocycles. The molecule has 0 N–H and O–H groups in total. The van der Waals surface area contributed by atoms with Gasteiger partial charge in [0.2, 0.25) is 5.24 Å². The average Bonchev–Trinajstić information content (AvgIpc) is 2.38. The van der Waals surface area contributed by atoms with E-state index >= 15 is 0 Å².